The standard InChI is InChI=1S/C28H32O7.CH3O5P.3Na/c1-14(29)34-17-12-26(5)16(15-8-10-33-13-15)11-19-28(26,35-19)27(6)21(17)25(4)9-7-18(30)24(2,3)22(25)20(31)23(27)32;2-1(3)7(4,5)6;;;/h7-10,13,16-17,19,21,31H,11-12H2,1-6H3;(H,2,3)(H2,4,5,6);;;/q;;3*+1/p-3. The van der Waals surface area contributed by atoms with E-state index >= 15 is 0 Å². The summed E-state index contributed by atoms with van der Waals surface area (Å²) in [6, 6.07) is 1.95. The predicted octanol–water partition coefficient (Wildman–Crippen LogP) is -7.31. The molecule has 12 nitrogen and oxygen atoms in total. The minimum absolute atomic E-state index is 0. The summed E-state index contributed by atoms with van der Waals surface area (Å²) < 4.78 is 27.1. The van der Waals surface area contributed by atoms with Gasteiger partial charge in [-0.3, -0.25) is 14.4 Å². The Morgan fingerprint density at radius 3 is 2.16 bits per heavy atom. The molecule has 0 amide bonds. The van der Waals surface area contributed by atoms with Gasteiger partial charge in [-0.05, 0) is 70.4 Å². The van der Waals surface area contributed by atoms with E-state index in [9.17, 15) is 19.5 Å². The average molecular weight is 673 g/mol. The molecule has 1 spiro atoms. The number of allylic oxidation sites excluding steroid dienone is 4. The van der Waals surface area contributed by atoms with Gasteiger partial charge in [-0.15, -0.1) is 0 Å². The van der Waals surface area contributed by atoms with Crippen LogP contribution in [-0.4, -0.2) is 46.2 Å². The molecule has 2 heterocycles. The maximum atomic E-state index is 14.3. The molecule has 8 atom stereocenters. The molecule has 0 radical (unpaired) electrons. The van der Waals surface area contributed by atoms with Gasteiger partial charge in [0, 0.05) is 23.7 Å². The van der Waals surface area contributed by atoms with Crippen molar-refractivity contribution in [3.05, 3.63) is 47.6 Å². The number of furan rings is 1. The number of epoxide rings is 1. The molecule has 2 saturated carbocycles. The van der Waals surface area contributed by atoms with E-state index in [4.69, 9.17) is 38.1 Å². The Morgan fingerprint density at radius 1 is 1.09 bits per heavy atom. The van der Waals surface area contributed by atoms with Gasteiger partial charge in [-0.2, -0.15) is 0 Å². The van der Waals surface area contributed by atoms with Crippen LogP contribution in [0.3, 0.4) is 0 Å². The van der Waals surface area contributed by atoms with Crippen LogP contribution in [0.4, 0.5) is 4.79 Å². The molecule has 1 aromatic rings. The number of aliphatic hydroxyl groups is 1. The van der Waals surface area contributed by atoms with Crippen LogP contribution in [0.5, 0.6) is 0 Å². The van der Waals surface area contributed by atoms with E-state index in [1.807, 2.05) is 19.9 Å². The molecule has 228 valence electrons. The third kappa shape index (κ3) is 5.65. The van der Waals surface area contributed by atoms with Crippen molar-refractivity contribution in [3.8, 4) is 0 Å². The van der Waals surface area contributed by atoms with Crippen molar-refractivity contribution < 1.29 is 146 Å². The zero-order chi connectivity index (χ0) is 31.4. The maximum absolute atomic E-state index is 14.3. The summed E-state index contributed by atoms with van der Waals surface area (Å²) in [4.78, 5) is 66.9. The van der Waals surface area contributed by atoms with Crippen molar-refractivity contribution in [2.45, 2.75) is 78.1 Å². The first kappa shape index (κ1) is 41.1. The minimum atomic E-state index is -5.43. The van der Waals surface area contributed by atoms with Gasteiger partial charge in [0.2, 0.25) is 5.78 Å². The predicted molar refractivity (Wildman–Crippen MR) is 137 cm³/mol. The number of carbonyl (C=O) groups excluding carboxylic acids is 4. The van der Waals surface area contributed by atoms with Crippen molar-refractivity contribution in [2.24, 2.45) is 27.6 Å². The first-order valence-electron chi connectivity index (χ1n) is 13.5. The molecule has 16 heteroatoms. The number of Topliss-reactive ketones (excluding diaryl/α,β-unsaturated/α-hetero) is 1. The van der Waals surface area contributed by atoms with Crippen molar-refractivity contribution in [2.75, 3.05) is 0 Å². The van der Waals surface area contributed by atoms with E-state index in [0.29, 0.717) is 18.4 Å². The molecule has 0 aromatic carbocycles. The van der Waals surface area contributed by atoms with Gasteiger partial charge in [-0.25, -0.2) is 0 Å². The Kier molecular flexibility index (Phi) is 11.9. The zero-order valence-corrected chi connectivity index (χ0v) is 33.9. The second kappa shape index (κ2) is 13.0. The number of ether oxygens (including phenoxy) is 2. The number of rotatable bonds is 3. The van der Waals surface area contributed by atoms with Crippen molar-refractivity contribution >= 4 is 30.8 Å². The first-order valence-corrected chi connectivity index (χ1v) is 15.1. The summed E-state index contributed by atoms with van der Waals surface area (Å²) in [6.45, 7) is 10.8. The molecule has 1 aliphatic heterocycles. The fourth-order valence-electron chi connectivity index (χ4n) is 9.22. The normalized spacial score (nSPS) is 38.3. The molecule has 4 aliphatic carbocycles. The summed E-state index contributed by atoms with van der Waals surface area (Å²) in [7, 11) is -5.43. The topological polar surface area (TPSA) is 210 Å². The summed E-state index contributed by atoms with van der Waals surface area (Å²) in [6.07, 6.45) is 7.17. The van der Waals surface area contributed by atoms with Crippen molar-refractivity contribution in [1.82, 2.24) is 0 Å². The number of hydrogen-bond acceptors (Lipinski definition) is 12. The van der Waals surface area contributed by atoms with Crippen LogP contribution in [0.2, 0.25) is 0 Å². The van der Waals surface area contributed by atoms with Crippen LogP contribution < -0.4 is 104 Å². The smallest absolute Gasteiger partial charge is 0.807 e. The van der Waals surface area contributed by atoms with Gasteiger partial charge >= 0.3 is 94.6 Å². The summed E-state index contributed by atoms with van der Waals surface area (Å²) in [5, 5.41) is 20.5. The fourth-order valence-corrected chi connectivity index (χ4v) is 9.22. The van der Waals surface area contributed by atoms with Crippen LogP contribution in [0.15, 0.2) is 46.5 Å². The van der Waals surface area contributed by atoms with Crippen LogP contribution in [0.25, 0.3) is 0 Å². The average Bonchev–Trinajstić information content (AvgIpc) is 3.22. The number of aliphatic hydroxyl groups excluding tert-OH is 1. The Balaban J connectivity index is 0.000000638. The Morgan fingerprint density at radius 2 is 1.67 bits per heavy atom. The van der Waals surface area contributed by atoms with Gasteiger partial charge in [0.05, 0.1) is 35.2 Å². The number of carbonyl (C=O) groups is 4. The summed E-state index contributed by atoms with van der Waals surface area (Å²) >= 11 is 0. The number of hydrogen-bond donors (Lipinski definition) is 1. The molecular formula is C29H32Na3O12P. The van der Waals surface area contributed by atoms with E-state index in [1.54, 1.807) is 38.5 Å². The van der Waals surface area contributed by atoms with Gasteiger partial charge in [0.15, 0.2) is 11.5 Å². The Labute approximate surface area is 327 Å². The molecule has 1 saturated heterocycles. The maximum Gasteiger partial charge on any atom is 1.00 e. The monoisotopic (exact) mass is 672 g/mol. The largest absolute Gasteiger partial charge is 1.00 e. The van der Waals surface area contributed by atoms with Crippen LogP contribution in [-0.2, 0) is 28.4 Å². The Hall–Kier alpha value is -0.0500. The quantitative estimate of drug-likeness (QED) is 0.138. The molecule has 1 N–H and O–H groups in total. The summed E-state index contributed by atoms with van der Waals surface area (Å²) in [5.41, 5.74) is -5.62. The van der Waals surface area contributed by atoms with Gasteiger partial charge in [0.25, 0.3) is 0 Å². The Bertz CT molecular complexity index is 1520. The van der Waals surface area contributed by atoms with E-state index < -0.39 is 64.3 Å². The van der Waals surface area contributed by atoms with E-state index in [0.717, 1.165) is 5.56 Å². The molecule has 6 rings (SSSR count). The molecular weight excluding hydrogens is 640 g/mol. The number of fused-ring (bicyclic) bond motifs is 3. The van der Waals surface area contributed by atoms with Crippen LogP contribution >= 0.6 is 7.60 Å². The van der Waals surface area contributed by atoms with Crippen molar-refractivity contribution in [3.63, 3.8) is 0 Å². The SMILES string of the molecule is CC(=O)OC1CC2(C)C(c3ccoc3)CC3OC32C2(C)C(=O)C(O)=C3C(C)(C)C(=O)C=CC3(C)C12.O=C([O-])P(=O)([O-])[O-].[Na+].[Na+].[Na+]. The van der Waals surface area contributed by atoms with Crippen molar-refractivity contribution in [1.29, 1.82) is 0 Å². The molecule has 8 unspecified atom stereocenters. The third-order valence-corrected chi connectivity index (χ3v) is 11.0. The van der Waals surface area contributed by atoms with E-state index in [2.05, 4.69) is 6.92 Å². The number of carboxylic acid groups (broad SMARTS) is 1. The first-order chi connectivity index (χ1) is 19.2. The zero-order valence-electron chi connectivity index (χ0n) is 27.0. The van der Waals surface area contributed by atoms with E-state index in [-0.39, 0.29) is 112 Å². The van der Waals surface area contributed by atoms with Crippen LogP contribution in [0.1, 0.15) is 65.9 Å². The molecule has 45 heavy (non-hydrogen) atoms. The fraction of sp³-hybridized carbons (Fsp3) is 0.586. The second-order valence-corrected chi connectivity index (χ2v) is 14.4. The summed E-state index contributed by atoms with van der Waals surface area (Å²) in [5.74, 6) is -1.84. The molecule has 5 aliphatic rings. The van der Waals surface area contributed by atoms with Gasteiger partial charge < -0.3 is 43.3 Å². The number of esters is 1. The minimum Gasteiger partial charge on any atom is -0.807 e. The third-order valence-electron chi connectivity index (χ3n) is 10.6. The number of ketones is 2. The molecule has 1 aromatic heterocycles. The molecule has 0 bridgehead atoms. The molecule has 3 fully saturated rings. The van der Waals surface area contributed by atoms with Gasteiger partial charge in [-0.1, -0.05) is 19.9 Å². The second-order valence-electron chi connectivity index (χ2n) is 13.1. The van der Waals surface area contributed by atoms with Crippen LogP contribution in [0, 0.1) is 27.6 Å². The van der Waals surface area contributed by atoms with E-state index in [1.165, 1.54) is 6.92 Å². The van der Waals surface area contributed by atoms with Gasteiger partial charge in [0.1, 0.15) is 11.7 Å².